The lowest BCUT2D eigenvalue weighted by molar-refractivity contribution is -0.150. The van der Waals surface area contributed by atoms with E-state index in [9.17, 15) is 14.4 Å². The molecule has 0 bridgehead atoms. The molecular weight excluding hydrogens is 610 g/mol. The topological polar surface area (TPSA) is 92.7 Å². The van der Waals surface area contributed by atoms with Crippen LogP contribution in [-0.2, 0) is 19.1 Å². The first-order valence-corrected chi connectivity index (χ1v) is 21.0. The number of rotatable bonds is 38. The van der Waals surface area contributed by atoms with Gasteiger partial charge < -0.3 is 15.2 Å². The normalized spacial score (nSPS) is 12.2. The molecule has 0 saturated carbocycles. The molecule has 0 spiro atoms. The molecule has 6 heteroatoms. The smallest absolute Gasteiger partial charge is 0.322 e. The fourth-order valence-electron chi connectivity index (χ4n) is 6.26. The largest absolute Gasteiger partial charge is 0.480 e. The number of hydrogen-bond donors (Lipinski definition) is 2. The van der Waals surface area contributed by atoms with Gasteiger partial charge in [0.05, 0.1) is 0 Å². The van der Waals surface area contributed by atoms with Crippen molar-refractivity contribution >= 4 is 17.8 Å². The molecule has 0 aliphatic carbocycles. The van der Waals surface area contributed by atoms with E-state index in [1.165, 1.54) is 116 Å². The molecular formula is C43H79NO5. The average molecular weight is 690 g/mol. The molecule has 6 nitrogen and oxygen atoms in total. The second-order valence-corrected chi connectivity index (χ2v) is 14.2. The summed E-state index contributed by atoms with van der Waals surface area (Å²) < 4.78 is 6.00. The first kappa shape index (κ1) is 46.9. The minimum Gasteiger partial charge on any atom is -0.480 e. The van der Waals surface area contributed by atoms with E-state index in [1.807, 2.05) is 0 Å². The van der Waals surface area contributed by atoms with Crippen LogP contribution in [0.4, 0.5) is 0 Å². The molecule has 286 valence electrons. The minimum absolute atomic E-state index is 0.0118. The van der Waals surface area contributed by atoms with Crippen molar-refractivity contribution in [1.82, 2.24) is 5.32 Å². The standard InChI is InChI=1S/C43H79NO5/c1-3-5-7-9-11-13-15-16-17-18-19-21-23-25-30-34-38-43(48)49-40(35-31-27-24-22-20-14-12-10-8-6-4-2)36-32-28-26-29-33-37-41(45)44-39-42(46)47/h12,14,22,24,40H,3-11,13,15-21,23,25-39H2,1-2H3,(H,44,45)(H,46,47)/b14-12-,24-22-. The SMILES string of the molecule is CCCCC/C=C\C/C=C\CCCC(CCCCCCCC(=O)NCC(=O)O)OC(=O)CCCCCCCCCCCCCCCCCC. The van der Waals surface area contributed by atoms with Gasteiger partial charge in [-0.3, -0.25) is 14.4 Å². The van der Waals surface area contributed by atoms with Crippen LogP contribution in [0, 0.1) is 0 Å². The number of ether oxygens (including phenoxy) is 1. The van der Waals surface area contributed by atoms with Gasteiger partial charge in [0.1, 0.15) is 12.6 Å². The zero-order valence-corrected chi connectivity index (χ0v) is 32.3. The number of aliphatic carboxylic acids is 1. The van der Waals surface area contributed by atoms with E-state index < -0.39 is 5.97 Å². The molecule has 0 aromatic carbocycles. The van der Waals surface area contributed by atoms with Crippen molar-refractivity contribution in [1.29, 1.82) is 0 Å². The molecule has 0 saturated heterocycles. The van der Waals surface area contributed by atoms with Gasteiger partial charge in [-0.2, -0.15) is 0 Å². The van der Waals surface area contributed by atoms with Crippen LogP contribution in [0.15, 0.2) is 24.3 Å². The summed E-state index contributed by atoms with van der Waals surface area (Å²) in [4.78, 5) is 35.0. The number of amides is 1. The number of nitrogens with one attached hydrogen (secondary N) is 1. The number of carbonyl (C=O) groups excluding carboxylic acids is 2. The third-order valence-electron chi connectivity index (χ3n) is 9.38. The maximum atomic E-state index is 12.7. The molecule has 0 aliphatic rings. The van der Waals surface area contributed by atoms with Crippen LogP contribution in [0.25, 0.3) is 0 Å². The second kappa shape index (κ2) is 38.7. The van der Waals surface area contributed by atoms with Crippen LogP contribution in [0.1, 0.15) is 219 Å². The second-order valence-electron chi connectivity index (χ2n) is 14.2. The quantitative estimate of drug-likeness (QED) is 0.0382. The molecule has 49 heavy (non-hydrogen) atoms. The Morgan fingerprint density at radius 1 is 0.531 bits per heavy atom. The summed E-state index contributed by atoms with van der Waals surface area (Å²) >= 11 is 0. The van der Waals surface area contributed by atoms with E-state index in [0.29, 0.717) is 12.8 Å². The van der Waals surface area contributed by atoms with Crippen LogP contribution < -0.4 is 5.32 Å². The maximum Gasteiger partial charge on any atom is 0.322 e. The van der Waals surface area contributed by atoms with Gasteiger partial charge in [0.15, 0.2) is 0 Å². The van der Waals surface area contributed by atoms with Crippen molar-refractivity contribution in [2.45, 2.75) is 225 Å². The van der Waals surface area contributed by atoms with E-state index in [0.717, 1.165) is 77.0 Å². The Morgan fingerprint density at radius 3 is 1.49 bits per heavy atom. The van der Waals surface area contributed by atoms with Crippen molar-refractivity contribution in [2.24, 2.45) is 0 Å². The Bertz CT molecular complexity index is 808. The summed E-state index contributed by atoms with van der Waals surface area (Å²) in [7, 11) is 0. The van der Waals surface area contributed by atoms with Gasteiger partial charge >= 0.3 is 11.9 Å². The molecule has 1 unspecified atom stereocenters. The van der Waals surface area contributed by atoms with Crippen molar-refractivity contribution in [3.63, 3.8) is 0 Å². The summed E-state index contributed by atoms with van der Waals surface area (Å²) in [5.74, 6) is -1.25. The van der Waals surface area contributed by atoms with Gasteiger partial charge in [-0.1, -0.05) is 167 Å². The summed E-state index contributed by atoms with van der Waals surface area (Å²) in [5.41, 5.74) is 0. The number of unbranched alkanes of at least 4 members (excludes halogenated alkanes) is 23. The molecule has 0 aromatic heterocycles. The van der Waals surface area contributed by atoms with Crippen molar-refractivity contribution in [3.05, 3.63) is 24.3 Å². The number of carboxylic acids is 1. The fraction of sp³-hybridized carbons (Fsp3) is 0.837. The highest BCUT2D eigenvalue weighted by Gasteiger charge is 2.14. The zero-order valence-electron chi connectivity index (χ0n) is 32.3. The molecule has 1 atom stereocenters. The Labute approximate surface area is 303 Å². The number of carboxylic acid groups (broad SMARTS) is 1. The third-order valence-corrected chi connectivity index (χ3v) is 9.38. The lowest BCUT2D eigenvalue weighted by Crippen LogP contribution is -2.28. The highest BCUT2D eigenvalue weighted by molar-refractivity contribution is 5.80. The van der Waals surface area contributed by atoms with Gasteiger partial charge in [-0.05, 0) is 64.2 Å². The molecule has 0 aliphatic heterocycles. The first-order valence-electron chi connectivity index (χ1n) is 21.0. The summed E-state index contributed by atoms with van der Waals surface area (Å²) in [5, 5.41) is 11.1. The van der Waals surface area contributed by atoms with E-state index in [-0.39, 0.29) is 24.5 Å². The highest BCUT2D eigenvalue weighted by atomic mass is 16.5. The van der Waals surface area contributed by atoms with E-state index in [2.05, 4.69) is 43.5 Å². The summed E-state index contributed by atoms with van der Waals surface area (Å²) in [6, 6.07) is 0. The molecule has 0 fully saturated rings. The molecule has 1 amide bonds. The monoisotopic (exact) mass is 690 g/mol. The molecule has 0 heterocycles. The predicted molar refractivity (Wildman–Crippen MR) is 208 cm³/mol. The summed E-state index contributed by atoms with van der Waals surface area (Å²) in [6.45, 7) is 4.20. The lowest BCUT2D eigenvalue weighted by atomic mass is 10.0. The van der Waals surface area contributed by atoms with E-state index >= 15 is 0 Å². The third kappa shape index (κ3) is 38.5. The van der Waals surface area contributed by atoms with Gasteiger partial charge in [0.2, 0.25) is 5.91 Å². The van der Waals surface area contributed by atoms with E-state index in [1.54, 1.807) is 0 Å². The van der Waals surface area contributed by atoms with Crippen molar-refractivity contribution in [2.75, 3.05) is 6.54 Å². The van der Waals surface area contributed by atoms with Crippen LogP contribution in [0.3, 0.4) is 0 Å². The minimum atomic E-state index is -1.02. The Kier molecular flexibility index (Phi) is 37.0. The van der Waals surface area contributed by atoms with Crippen molar-refractivity contribution in [3.8, 4) is 0 Å². The zero-order chi connectivity index (χ0) is 35.9. The van der Waals surface area contributed by atoms with E-state index in [4.69, 9.17) is 9.84 Å². The molecule has 0 rings (SSSR count). The fourth-order valence-corrected chi connectivity index (χ4v) is 6.26. The van der Waals surface area contributed by atoms with Crippen LogP contribution >= 0.6 is 0 Å². The van der Waals surface area contributed by atoms with Gasteiger partial charge in [-0.15, -0.1) is 0 Å². The van der Waals surface area contributed by atoms with Crippen LogP contribution in [-0.4, -0.2) is 35.6 Å². The maximum absolute atomic E-state index is 12.7. The number of carbonyl (C=O) groups is 3. The number of allylic oxidation sites excluding steroid dienone is 4. The van der Waals surface area contributed by atoms with Crippen LogP contribution in [0.2, 0.25) is 0 Å². The Balaban J connectivity index is 4.16. The molecule has 0 aromatic rings. The number of esters is 1. The van der Waals surface area contributed by atoms with Gasteiger partial charge in [0.25, 0.3) is 0 Å². The molecule has 0 radical (unpaired) electrons. The Morgan fingerprint density at radius 2 is 0.959 bits per heavy atom. The highest BCUT2D eigenvalue weighted by Crippen LogP contribution is 2.18. The molecule has 2 N–H and O–H groups in total. The number of hydrogen-bond acceptors (Lipinski definition) is 4. The predicted octanol–water partition coefficient (Wildman–Crippen LogP) is 12.7. The summed E-state index contributed by atoms with van der Waals surface area (Å²) in [6.07, 6.45) is 45.9. The van der Waals surface area contributed by atoms with Gasteiger partial charge in [0, 0.05) is 12.8 Å². The Hall–Kier alpha value is -2.11. The van der Waals surface area contributed by atoms with Gasteiger partial charge in [-0.25, -0.2) is 0 Å². The lowest BCUT2D eigenvalue weighted by Gasteiger charge is -2.18. The van der Waals surface area contributed by atoms with Crippen LogP contribution in [0.5, 0.6) is 0 Å². The first-order chi connectivity index (χ1) is 24.0. The average Bonchev–Trinajstić information content (AvgIpc) is 3.08. The van der Waals surface area contributed by atoms with Crippen molar-refractivity contribution < 1.29 is 24.2 Å².